The first-order chi connectivity index (χ1) is 12.6. The van der Waals surface area contributed by atoms with Crippen LogP contribution >= 0.6 is 0 Å². The summed E-state index contributed by atoms with van der Waals surface area (Å²) in [7, 11) is 0. The maximum Gasteiger partial charge on any atom is 0.317 e. The Bertz CT molecular complexity index is 727. The molecule has 1 unspecified atom stereocenters. The molecule has 3 rings (SSSR count). The number of carbonyl (C=O) groups is 1. The molecule has 7 heteroatoms. The lowest BCUT2D eigenvalue weighted by Gasteiger charge is -2.32. The van der Waals surface area contributed by atoms with E-state index >= 15 is 0 Å². The predicted molar refractivity (Wildman–Crippen MR) is 96.1 cm³/mol. The molecule has 1 atom stereocenters. The predicted octanol–water partition coefficient (Wildman–Crippen LogP) is 3.95. The highest BCUT2D eigenvalue weighted by Crippen LogP contribution is 2.28. The van der Waals surface area contributed by atoms with Crippen molar-refractivity contribution in [3.8, 4) is 11.5 Å². The third-order valence-corrected chi connectivity index (χ3v) is 4.90. The number of likely N-dealkylation sites (tertiary alicyclic amines) is 1. The number of piperidine rings is 1. The summed E-state index contributed by atoms with van der Waals surface area (Å²) in [6, 6.07) is 6.14. The summed E-state index contributed by atoms with van der Waals surface area (Å²) in [4.78, 5) is 14.3. The summed E-state index contributed by atoms with van der Waals surface area (Å²) < 4.78 is 18.8. The lowest BCUT2D eigenvalue weighted by Crippen LogP contribution is -2.48. The van der Waals surface area contributed by atoms with Crippen molar-refractivity contribution < 1.29 is 13.6 Å². The second kappa shape index (κ2) is 8.29. The highest BCUT2D eigenvalue weighted by Gasteiger charge is 2.29. The molecule has 1 fully saturated rings. The Hall–Kier alpha value is -2.44. The number of aromatic nitrogens is 2. The minimum absolute atomic E-state index is 0.0258. The minimum Gasteiger partial charge on any atom is -0.420 e. The maximum atomic E-state index is 13.0. The van der Waals surface area contributed by atoms with E-state index in [1.54, 1.807) is 12.1 Å². The monoisotopic (exact) mass is 360 g/mol. The fraction of sp³-hybridized carbons (Fsp3) is 0.526. The molecule has 2 amide bonds. The van der Waals surface area contributed by atoms with Crippen molar-refractivity contribution in [1.29, 1.82) is 0 Å². The molecule has 2 aromatic rings. The fourth-order valence-electron chi connectivity index (χ4n) is 3.23. The first-order valence-electron chi connectivity index (χ1n) is 9.25. The van der Waals surface area contributed by atoms with Gasteiger partial charge in [0.15, 0.2) is 0 Å². The molecular weight excluding hydrogens is 335 g/mol. The lowest BCUT2D eigenvalue weighted by atomic mass is 9.98. The van der Waals surface area contributed by atoms with Gasteiger partial charge in [-0.25, -0.2) is 9.18 Å². The summed E-state index contributed by atoms with van der Waals surface area (Å²) in [5.74, 6) is 0.626. The summed E-state index contributed by atoms with van der Waals surface area (Å²) in [6.07, 6.45) is 3.64. The van der Waals surface area contributed by atoms with Gasteiger partial charge in [-0.2, -0.15) is 0 Å². The zero-order chi connectivity index (χ0) is 18.5. The molecule has 0 saturated carbocycles. The molecule has 6 nitrogen and oxygen atoms in total. The van der Waals surface area contributed by atoms with E-state index in [1.807, 2.05) is 4.90 Å². The second-order valence-corrected chi connectivity index (χ2v) is 6.70. The molecule has 1 aliphatic rings. The summed E-state index contributed by atoms with van der Waals surface area (Å²) in [5.41, 5.74) is 0.685. The molecule has 1 aromatic heterocycles. The van der Waals surface area contributed by atoms with E-state index in [9.17, 15) is 9.18 Å². The highest BCUT2D eigenvalue weighted by atomic mass is 19.1. The third kappa shape index (κ3) is 4.20. The molecule has 0 aliphatic carbocycles. The average Bonchev–Trinajstić information content (AvgIpc) is 3.17. The van der Waals surface area contributed by atoms with Crippen molar-refractivity contribution in [2.45, 2.75) is 51.5 Å². The van der Waals surface area contributed by atoms with E-state index in [2.05, 4.69) is 29.4 Å². The molecule has 2 heterocycles. The van der Waals surface area contributed by atoms with Crippen molar-refractivity contribution in [2.24, 2.45) is 0 Å². The van der Waals surface area contributed by atoms with Crippen LogP contribution in [0, 0.1) is 5.82 Å². The van der Waals surface area contributed by atoms with Crippen LogP contribution in [-0.4, -0.2) is 40.3 Å². The number of halogens is 1. The molecule has 0 bridgehead atoms. The van der Waals surface area contributed by atoms with Crippen LogP contribution in [0.15, 0.2) is 28.7 Å². The normalized spacial score (nSPS) is 17.5. The van der Waals surface area contributed by atoms with Gasteiger partial charge >= 0.3 is 6.03 Å². The van der Waals surface area contributed by atoms with Crippen LogP contribution in [0.3, 0.4) is 0 Å². The smallest absolute Gasteiger partial charge is 0.317 e. The molecule has 1 aliphatic heterocycles. The molecule has 26 heavy (non-hydrogen) atoms. The first kappa shape index (κ1) is 18.4. The number of amides is 2. The molecular formula is C19H25FN4O2. The van der Waals surface area contributed by atoms with Crippen molar-refractivity contribution in [3.05, 3.63) is 36.0 Å². The van der Waals surface area contributed by atoms with Gasteiger partial charge in [0.05, 0.1) is 5.92 Å². The van der Waals surface area contributed by atoms with Crippen molar-refractivity contribution in [1.82, 2.24) is 20.4 Å². The van der Waals surface area contributed by atoms with Crippen LogP contribution < -0.4 is 5.32 Å². The number of carbonyl (C=O) groups excluding carboxylic acids is 1. The molecule has 1 N–H and O–H groups in total. The van der Waals surface area contributed by atoms with Crippen LogP contribution in [0.1, 0.15) is 51.3 Å². The number of rotatable bonds is 5. The Morgan fingerprint density at radius 2 is 2.04 bits per heavy atom. The van der Waals surface area contributed by atoms with Crippen molar-refractivity contribution in [3.63, 3.8) is 0 Å². The van der Waals surface area contributed by atoms with Gasteiger partial charge in [-0.05, 0) is 49.9 Å². The Labute approximate surface area is 152 Å². The quantitative estimate of drug-likeness (QED) is 0.876. The largest absolute Gasteiger partial charge is 0.420 e. The van der Waals surface area contributed by atoms with E-state index in [0.717, 1.165) is 32.2 Å². The summed E-state index contributed by atoms with van der Waals surface area (Å²) in [5, 5.41) is 11.3. The number of hydrogen-bond acceptors (Lipinski definition) is 4. The van der Waals surface area contributed by atoms with Crippen LogP contribution in [-0.2, 0) is 0 Å². The first-order valence-corrected chi connectivity index (χ1v) is 9.25. The number of nitrogens with zero attached hydrogens (tertiary/aromatic N) is 3. The van der Waals surface area contributed by atoms with Crippen LogP contribution in [0.25, 0.3) is 11.5 Å². The van der Waals surface area contributed by atoms with Gasteiger partial charge in [0, 0.05) is 24.7 Å². The summed E-state index contributed by atoms with van der Waals surface area (Å²) >= 11 is 0. The number of hydrogen-bond donors (Lipinski definition) is 1. The summed E-state index contributed by atoms with van der Waals surface area (Å²) in [6.45, 7) is 5.45. The van der Waals surface area contributed by atoms with Gasteiger partial charge < -0.3 is 14.6 Å². The SMILES string of the molecule is CCC(CC)NC(=O)N1CCCC(c2nnc(-c3ccc(F)cc3)o2)C1. The highest BCUT2D eigenvalue weighted by molar-refractivity contribution is 5.74. The van der Waals surface area contributed by atoms with Crippen molar-refractivity contribution >= 4 is 6.03 Å². The maximum absolute atomic E-state index is 13.0. The minimum atomic E-state index is -0.306. The molecule has 140 valence electrons. The van der Waals surface area contributed by atoms with Gasteiger partial charge in [-0.1, -0.05) is 13.8 Å². The zero-order valence-electron chi connectivity index (χ0n) is 15.2. The van der Waals surface area contributed by atoms with Crippen LogP contribution in [0.4, 0.5) is 9.18 Å². The Morgan fingerprint density at radius 3 is 2.73 bits per heavy atom. The second-order valence-electron chi connectivity index (χ2n) is 6.70. The Balaban J connectivity index is 1.66. The van der Waals surface area contributed by atoms with Gasteiger partial charge in [0.2, 0.25) is 11.8 Å². The van der Waals surface area contributed by atoms with E-state index in [4.69, 9.17) is 4.42 Å². The molecule has 1 saturated heterocycles. The van der Waals surface area contributed by atoms with Gasteiger partial charge in [-0.15, -0.1) is 10.2 Å². The molecule has 1 aromatic carbocycles. The van der Waals surface area contributed by atoms with Crippen LogP contribution in [0.2, 0.25) is 0 Å². The lowest BCUT2D eigenvalue weighted by molar-refractivity contribution is 0.170. The third-order valence-electron chi connectivity index (χ3n) is 4.90. The van der Waals surface area contributed by atoms with E-state index < -0.39 is 0 Å². The number of nitrogens with one attached hydrogen (secondary N) is 1. The van der Waals surface area contributed by atoms with E-state index in [-0.39, 0.29) is 23.8 Å². The zero-order valence-corrected chi connectivity index (χ0v) is 15.2. The Kier molecular flexibility index (Phi) is 5.85. The number of urea groups is 1. The van der Waals surface area contributed by atoms with E-state index in [0.29, 0.717) is 23.9 Å². The van der Waals surface area contributed by atoms with Crippen LogP contribution in [0.5, 0.6) is 0 Å². The van der Waals surface area contributed by atoms with Gasteiger partial charge in [-0.3, -0.25) is 0 Å². The number of benzene rings is 1. The standard InChI is InChI=1S/C19H25FN4O2/c1-3-16(4-2)21-19(25)24-11-5-6-14(12-24)18-23-22-17(26-18)13-7-9-15(20)10-8-13/h7-10,14,16H,3-6,11-12H2,1-2H3,(H,21,25). The molecule has 0 spiro atoms. The van der Waals surface area contributed by atoms with Gasteiger partial charge in [0.1, 0.15) is 5.82 Å². The average molecular weight is 360 g/mol. The Morgan fingerprint density at radius 1 is 1.31 bits per heavy atom. The van der Waals surface area contributed by atoms with E-state index in [1.165, 1.54) is 12.1 Å². The topological polar surface area (TPSA) is 71.3 Å². The van der Waals surface area contributed by atoms with Crippen molar-refractivity contribution in [2.75, 3.05) is 13.1 Å². The van der Waals surface area contributed by atoms with Gasteiger partial charge in [0.25, 0.3) is 0 Å². The fourth-order valence-corrected chi connectivity index (χ4v) is 3.23. The molecule has 0 radical (unpaired) electrons.